The predicted molar refractivity (Wildman–Crippen MR) is 67.5 cm³/mol. The zero-order valence-electron chi connectivity index (χ0n) is 9.31. The molecule has 0 aromatic rings. The minimum Gasteiger partial charge on any atom is -0.309 e. The summed E-state index contributed by atoms with van der Waals surface area (Å²) < 4.78 is 0. The van der Waals surface area contributed by atoms with Crippen molar-refractivity contribution in [3.05, 3.63) is 10.6 Å². The molecule has 1 heterocycles. The van der Waals surface area contributed by atoms with Gasteiger partial charge in [0.1, 0.15) is 0 Å². The van der Waals surface area contributed by atoms with Crippen LogP contribution in [0, 0.1) is 0 Å². The maximum Gasteiger partial charge on any atom is 0.0431 e. The second-order valence-electron chi connectivity index (χ2n) is 4.05. The molecule has 0 amide bonds. The molecule has 0 radical (unpaired) electrons. The molecule has 1 N–H and O–H groups in total. The second kappa shape index (κ2) is 7.50. The largest absolute Gasteiger partial charge is 0.309 e. The lowest BCUT2D eigenvalue weighted by Crippen LogP contribution is -2.43. The number of likely N-dealkylation sites (tertiary alicyclic amines) is 1. The lowest BCUT2D eigenvalue weighted by molar-refractivity contribution is 0.200. The van der Waals surface area contributed by atoms with Gasteiger partial charge in [-0.25, -0.2) is 0 Å². The van der Waals surface area contributed by atoms with Crippen LogP contribution in [0.15, 0.2) is 10.6 Å². The molecule has 1 saturated heterocycles. The number of nitrogens with zero attached hydrogens (tertiary/aromatic N) is 1. The molecule has 0 saturated carbocycles. The van der Waals surface area contributed by atoms with Crippen LogP contribution in [0.5, 0.6) is 0 Å². The van der Waals surface area contributed by atoms with E-state index in [0.29, 0.717) is 17.6 Å². The fourth-order valence-electron chi connectivity index (χ4n) is 1.96. The van der Waals surface area contributed by atoms with Gasteiger partial charge in [0.05, 0.1) is 0 Å². The summed E-state index contributed by atoms with van der Waals surface area (Å²) in [4.78, 5) is 2.52. The Balaban J connectivity index is 2.14. The van der Waals surface area contributed by atoms with Crippen molar-refractivity contribution in [3.8, 4) is 0 Å². The van der Waals surface area contributed by atoms with Crippen molar-refractivity contribution in [2.75, 3.05) is 26.2 Å². The van der Waals surface area contributed by atoms with Crippen molar-refractivity contribution in [1.29, 1.82) is 0 Å². The topological polar surface area (TPSA) is 15.3 Å². The molecule has 0 aromatic heterocycles. The van der Waals surface area contributed by atoms with Gasteiger partial charge in [0.2, 0.25) is 0 Å². The van der Waals surface area contributed by atoms with Crippen LogP contribution in [-0.2, 0) is 0 Å². The van der Waals surface area contributed by atoms with Crippen LogP contribution < -0.4 is 5.32 Å². The van der Waals surface area contributed by atoms with Gasteiger partial charge in [-0.15, -0.1) is 0 Å². The Bertz CT molecular complexity index is 199. The minimum absolute atomic E-state index is 0.600. The number of halogens is 2. The number of piperidine rings is 1. The van der Waals surface area contributed by atoms with Gasteiger partial charge in [-0.2, -0.15) is 0 Å². The van der Waals surface area contributed by atoms with Crippen LogP contribution in [0.25, 0.3) is 0 Å². The van der Waals surface area contributed by atoms with Crippen LogP contribution in [0.4, 0.5) is 0 Å². The highest BCUT2D eigenvalue weighted by Crippen LogP contribution is 2.11. The van der Waals surface area contributed by atoms with Crippen molar-refractivity contribution in [1.82, 2.24) is 10.2 Å². The molecular formula is C11H20Cl2N2. The Morgan fingerprint density at radius 3 is 2.67 bits per heavy atom. The van der Waals surface area contributed by atoms with E-state index in [2.05, 4.69) is 17.1 Å². The molecule has 1 rings (SSSR count). The first kappa shape index (κ1) is 13.3. The highest BCUT2D eigenvalue weighted by molar-refractivity contribution is 6.36. The molecular weight excluding hydrogens is 231 g/mol. The summed E-state index contributed by atoms with van der Waals surface area (Å²) in [6, 6.07) is 0.600. The van der Waals surface area contributed by atoms with E-state index >= 15 is 0 Å². The number of nitrogens with one attached hydrogen (secondary N) is 1. The van der Waals surface area contributed by atoms with Crippen LogP contribution in [0.1, 0.15) is 26.2 Å². The molecule has 0 bridgehead atoms. The van der Waals surface area contributed by atoms with Crippen molar-refractivity contribution < 1.29 is 0 Å². The van der Waals surface area contributed by atoms with Crippen molar-refractivity contribution in [2.45, 2.75) is 32.2 Å². The molecule has 2 nitrogen and oxygen atoms in total. The zero-order valence-corrected chi connectivity index (χ0v) is 10.8. The second-order valence-corrected chi connectivity index (χ2v) is 4.76. The van der Waals surface area contributed by atoms with Gasteiger partial charge in [0.25, 0.3) is 0 Å². The van der Waals surface area contributed by atoms with Gasteiger partial charge in [-0.3, -0.25) is 0 Å². The first-order valence-corrected chi connectivity index (χ1v) is 6.48. The summed E-state index contributed by atoms with van der Waals surface area (Å²) >= 11 is 11.3. The SMILES string of the molecule is CCCN1CCC(NCC(Cl)=CCl)CC1. The van der Waals surface area contributed by atoms with E-state index in [4.69, 9.17) is 23.2 Å². The van der Waals surface area contributed by atoms with Gasteiger partial charge >= 0.3 is 0 Å². The zero-order chi connectivity index (χ0) is 11.1. The summed E-state index contributed by atoms with van der Waals surface area (Å²) in [5.74, 6) is 0. The standard InChI is InChI=1S/C11H20Cl2N2/c1-2-5-15-6-3-11(4-7-15)14-9-10(13)8-12/h8,11,14H,2-7,9H2,1H3. The van der Waals surface area contributed by atoms with E-state index in [0.717, 1.165) is 0 Å². The number of rotatable bonds is 5. The summed E-state index contributed by atoms with van der Waals surface area (Å²) in [6.07, 6.45) is 3.68. The molecule has 4 heteroatoms. The molecule has 1 fully saturated rings. The Labute approximate surface area is 103 Å². The number of hydrogen-bond acceptors (Lipinski definition) is 2. The van der Waals surface area contributed by atoms with E-state index in [1.807, 2.05) is 0 Å². The molecule has 0 spiro atoms. The van der Waals surface area contributed by atoms with Crippen molar-refractivity contribution >= 4 is 23.2 Å². The number of hydrogen-bond donors (Lipinski definition) is 1. The molecule has 0 unspecified atom stereocenters. The molecule has 0 atom stereocenters. The molecule has 88 valence electrons. The Hall–Kier alpha value is 0.240. The smallest absolute Gasteiger partial charge is 0.0431 e. The van der Waals surface area contributed by atoms with Crippen LogP contribution >= 0.6 is 23.2 Å². The highest BCUT2D eigenvalue weighted by Gasteiger charge is 2.17. The average molecular weight is 251 g/mol. The molecule has 1 aliphatic heterocycles. The van der Waals surface area contributed by atoms with Gasteiger partial charge in [0.15, 0.2) is 0 Å². The van der Waals surface area contributed by atoms with Crippen molar-refractivity contribution in [2.24, 2.45) is 0 Å². The Kier molecular flexibility index (Phi) is 6.66. The van der Waals surface area contributed by atoms with Gasteiger partial charge < -0.3 is 10.2 Å². The third-order valence-corrected chi connectivity index (χ3v) is 3.42. The Morgan fingerprint density at radius 2 is 2.13 bits per heavy atom. The van der Waals surface area contributed by atoms with E-state index in [9.17, 15) is 0 Å². The maximum absolute atomic E-state index is 5.82. The fraction of sp³-hybridized carbons (Fsp3) is 0.818. The first-order chi connectivity index (χ1) is 7.26. The van der Waals surface area contributed by atoms with Gasteiger partial charge in [-0.1, -0.05) is 30.1 Å². The third-order valence-electron chi connectivity index (χ3n) is 2.81. The highest BCUT2D eigenvalue weighted by atomic mass is 35.5. The minimum atomic E-state index is 0.600. The lowest BCUT2D eigenvalue weighted by atomic mass is 10.1. The van der Waals surface area contributed by atoms with E-state index in [1.165, 1.54) is 44.4 Å². The monoisotopic (exact) mass is 250 g/mol. The molecule has 0 aromatic carbocycles. The summed E-state index contributed by atoms with van der Waals surface area (Å²) in [5, 5.41) is 4.11. The van der Waals surface area contributed by atoms with Crippen LogP contribution in [0.2, 0.25) is 0 Å². The molecule has 15 heavy (non-hydrogen) atoms. The van der Waals surface area contributed by atoms with E-state index in [-0.39, 0.29) is 0 Å². The van der Waals surface area contributed by atoms with Crippen molar-refractivity contribution in [3.63, 3.8) is 0 Å². The summed E-state index contributed by atoms with van der Waals surface area (Å²) in [7, 11) is 0. The molecule has 0 aliphatic carbocycles. The van der Waals surface area contributed by atoms with Crippen LogP contribution in [0.3, 0.4) is 0 Å². The maximum atomic E-state index is 5.82. The van der Waals surface area contributed by atoms with Gasteiger partial charge in [0, 0.05) is 23.2 Å². The lowest BCUT2D eigenvalue weighted by Gasteiger charge is -2.32. The van der Waals surface area contributed by atoms with E-state index in [1.54, 1.807) is 0 Å². The average Bonchev–Trinajstić information content (AvgIpc) is 2.28. The van der Waals surface area contributed by atoms with E-state index < -0.39 is 0 Å². The van der Waals surface area contributed by atoms with Gasteiger partial charge in [-0.05, 0) is 38.9 Å². The summed E-state index contributed by atoms with van der Waals surface area (Å²) in [5.41, 5.74) is 1.43. The predicted octanol–water partition coefficient (Wildman–Crippen LogP) is 2.77. The quantitative estimate of drug-likeness (QED) is 0.808. The first-order valence-electron chi connectivity index (χ1n) is 5.66. The fourth-order valence-corrected chi connectivity index (χ4v) is 2.11. The third kappa shape index (κ3) is 5.21. The summed E-state index contributed by atoms with van der Waals surface area (Å²) in [6.45, 7) is 6.56. The Morgan fingerprint density at radius 1 is 1.47 bits per heavy atom. The van der Waals surface area contributed by atoms with Crippen LogP contribution in [-0.4, -0.2) is 37.1 Å². The molecule has 1 aliphatic rings. The normalized spacial score (nSPS) is 20.9.